The molecular weight excluding hydrogens is 395 g/mol. The third-order valence-electron chi connectivity index (χ3n) is 5.28. The molecule has 0 aliphatic carbocycles. The van der Waals surface area contributed by atoms with E-state index in [1.165, 1.54) is 12.1 Å². The number of hydrogen-bond donors (Lipinski definition) is 1. The summed E-state index contributed by atoms with van der Waals surface area (Å²) in [4.78, 5) is 27.0. The number of nitrogens with zero attached hydrogens (tertiary/aromatic N) is 1. The maximum Gasteiger partial charge on any atom is 0.227 e. The molecule has 5 nitrogen and oxygen atoms in total. The number of carbonyl (C=O) groups excluding carboxylic acids is 2. The molecule has 31 heavy (non-hydrogen) atoms. The fraction of sp³-hybridized carbons (Fsp3) is 0.440. The van der Waals surface area contributed by atoms with Crippen LogP contribution in [0.2, 0.25) is 0 Å². The predicted molar refractivity (Wildman–Crippen MR) is 119 cm³/mol. The normalized spacial score (nSPS) is 15.8. The molecule has 166 valence electrons. The van der Waals surface area contributed by atoms with Crippen molar-refractivity contribution >= 4 is 17.5 Å². The molecule has 1 unspecified atom stereocenters. The van der Waals surface area contributed by atoms with Gasteiger partial charge in [0.1, 0.15) is 5.82 Å². The van der Waals surface area contributed by atoms with Gasteiger partial charge in [0, 0.05) is 25.3 Å². The standard InChI is InChI=1S/C25H31FN2O3/c1-18(2)13-25(30)28(17-19-8-10-21(26)11-9-19)22-6-3-5-20(14-22)15-24(29)27-16-23-7-4-12-31-23/h3,5-6,8-11,14,18,23H,4,7,12-13,15-17H2,1-2H3,(H,27,29). The Balaban J connectivity index is 1.71. The third-order valence-corrected chi connectivity index (χ3v) is 5.28. The molecule has 0 spiro atoms. The van der Waals surface area contributed by atoms with Crippen molar-refractivity contribution < 1.29 is 18.7 Å². The van der Waals surface area contributed by atoms with Crippen molar-refractivity contribution in [3.8, 4) is 0 Å². The summed E-state index contributed by atoms with van der Waals surface area (Å²) in [6, 6.07) is 13.7. The fourth-order valence-electron chi connectivity index (χ4n) is 3.67. The lowest BCUT2D eigenvalue weighted by Crippen LogP contribution is -2.33. The Kier molecular flexibility index (Phi) is 8.18. The SMILES string of the molecule is CC(C)CC(=O)N(Cc1ccc(F)cc1)c1cccc(CC(=O)NCC2CCCO2)c1. The minimum absolute atomic E-state index is 0.000640. The summed E-state index contributed by atoms with van der Waals surface area (Å²) in [5, 5.41) is 2.94. The van der Waals surface area contributed by atoms with Gasteiger partial charge in [-0.15, -0.1) is 0 Å². The van der Waals surface area contributed by atoms with Crippen LogP contribution in [-0.4, -0.2) is 31.1 Å². The molecule has 1 fully saturated rings. The molecule has 1 aliphatic heterocycles. The highest BCUT2D eigenvalue weighted by Gasteiger charge is 2.19. The van der Waals surface area contributed by atoms with Crippen molar-refractivity contribution in [1.29, 1.82) is 0 Å². The highest BCUT2D eigenvalue weighted by atomic mass is 19.1. The topological polar surface area (TPSA) is 58.6 Å². The van der Waals surface area contributed by atoms with Crippen molar-refractivity contribution in [3.63, 3.8) is 0 Å². The first-order valence-electron chi connectivity index (χ1n) is 10.9. The van der Waals surface area contributed by atoms with Crippen molar-refractivity contribution in [1.82, 2.24) is 5.32 Å². The molecule has 0 aromatic heterocycles. The van der Waals surface area contributed by atoms with Crippen molar-refractivity contribution in [2.45, 2.75) is 52.2 Å². The Labute approximate surface area is 183 Å². The Morgan fingerprint density at radius 2 is 1.94 bits per heavy atom. The number of rotatable bonds is 9. The predicted octanol–water partition coefficient (Wildman–Crippen LogP) is 4.24. The number of anilines is 1. The maximum absolute atomic E-state index is 13.3. The lowest BCUT2D eigenvalue weighted by atomic mass is 10.1. The summed E-state index contributed by atoms with van der Waals surface area (Å²) >= 11 is 0. The van der Waals surface area contributed by atoms with Gasteiger partial charge in [-0.3, -0.25) is 9.59 Å². The van der Waals surface area contributed by atoms with Gasteiger partial charge < -0.3 is 15.0 Å². The third kappa shape index (κ3) is 7.17. The van der Waals surface area contributed by atoms with E-state index in [1.54, 1.807) is 17.0 Å². The smallest absolute Gasteiger partial charge is 0.227 e. The van der Waals surface area contributed by atoms with Crippen LogP contribution in [0.1, 0.15) is 44.2 Å². The van der Waals surface area contributed by atoms with E-state index in [0.29, 0.717) is 19.5 Å². The van der Waals surface area contributed by atoms with Gasteiger partial charge in [0.2, 0.25) is 11.8 Å². The van der Waals surface area contributed by atoms with E-state index >= 15 is 0 Å². The first kappa shape index (κ1) is 22.9. The molecule has 2 aromatic rings. The number of nitrogens with one attached hydrogen (secondary N) is 1. The molecule has 0 saturated carbocycles. The summed E-state index contributed by atoms with van der Waals surface area (Å²) in [6.07, 6.45) is 2.77. The van der Waals surface area contributed by atoms with Gasteiger partial charge in [0.05, 0.1) is 19.1 Å². The van der Waals surface area contributed by atoms with Gasteiger partial charge in [0.25, 0.3) is 0 Å². The molecule has 1 atom stereocenters. The Morgan fingerprint density at radius 3 is 2.61 bits per heavy atom. The Morgan fingerprint density at radius 1 is 1.16 bits per heavy atom. The van der Waals surface area contributed by atoms with E-state index < -0.39 is 0 Å². The monoisotopic (exact) mass is 426 g/mol. The van der Waals surface area contributed by atoms with E-state index in [0.717, 1.165) is 36.3 Å². The largest absolute Gasteiger partial charge is 0.376 e. The quantitative estimate of drug-likeness (QED) is 0.652. The molecule has 3 rings (SSSR count). The molecule has 2 aromatic carbocycles. The molecule has 0 bridgehead atoms. The second kappa shape index (κ2) is 11.0. The zero-order valence-electron chi connectivity index (χ0n) is 18.3. The average Bonchev–Trinajstić information content (AvgIpc) is 3.25. The Bertz CT molecular complexity index is 877. The van der Waals surface area contributed by atoms with Gasteiger partial charge in [-0.05, 0) is 54.2 Å². The second-order valence-electron chi connectivity index (χ2n) is 8.49. The minimum atomic E-state index is -0.306. The summed E-state index contributed by atoms with van der Waals surface area (Å²) < 4.78 is 18.8. The van der Waals surface area contributed by atoms with Crippen LogP contribution in [0.3, 0.4) is 0 Å². The molecule has 6 heteroatoms. The average molecular weight is 427 g/mol. The van der Waals surface area contributed by atoms with Crippen LogP contribution >= 0.6 is 0 Å². The van der Waals surface area contributed by atoms with Crippen LogP contribution < -0.4 is 10.2 Å². The highest BCUT2D eigenvalue weighted by Crippen LogP contribution is 2.22. The second-order valence-corrected chi connectivity index (χ2v) is 8.49. The van der Waals surface area contributed by atoms with Crippen LogP contribution in [0, 0.1) is 11.7 Å². The molecule has 1 heterocycles. The van der Waals surface area contributed by atoms with Gasteiger partial charge in [-0.25, -0.2) is 4.39 Å². The molecule has 1 saturated heterocycles. The molecule has 2 amide bonds. The van der Waals surface area contributed by atoms with Crippen LogP contribution in [-0.2, 0) is 27.3 Å². The first-order chi connectivity index (χ1) is 14.9. The summed E-state index contributed by atoms with van der Waals surface area (Å²) in [5.41, 5.74) is 2.42. The summed E-state index contributed by atoms with van der Waals surface area (Å²) in [6.45, 7) is 5.64. The number of benzene rings is 2. The van der Waals surface area contributed by atoms with Crippen molar-refractivity contribution in [3.05, 3.63) is 65.5 Å². The van der Waals surface area contributed by atoms with E-state index in [2.05, 4.69) is 5.32 Å². The van der Waals surface area contributed by atoms with Gasteiger partial charge in [-0.1, -0.05) is 38.1 Å². The van der Waals surface area contributed by atoms with E-state index in [1.807, 2.05) is 38.1 Å². The lowest BCUT2D eigenvalue weighted by Gasteiger charge is -2.24. The summed E-state index contributed by atoms with van der Waals surface area (Å²) in [7, 11) is 0. The minimum Gasteiger partial charge on any atom is -0.376 e. The van der Waals surface area contributed by atoms with Gasteiger partial charge in [-0.2, -0.15) is 0 Å². The highest BCUT2D eigenvalue weighted by molar-refractivity contribution is 5.93. The van der Waals surface area contributed by atoms with E-state index in [-0.39, 0.29) is 36.1 Å². The molecule has 1 aliphatic rings. The zero-order valence-corrected chi connectivity index (χ0v) is 18.3. The fourth-order valence-corrected chi connectivity index (χ4v) is 3.67. The molecule has 1 N–H and O–H groups in total. The number of amides is 2. The maximum atomic E-state index is 13.3. The number of halogens is 1. The van der Waals surface area contributed by atoms with Crippen LogP contribution in [0.25, 0.3) is 0 Å². The zero-order chi connectivity index (χ0) is 22.2. The molecule has 0 radical (unpaired) electrons. The van der Waals surface area contributed by atoms with Crippen LogP contribution in [0.15, 0.2) is 48.5 Å². The number of ether oxygens (including phenoxy) is 1. The van der Waals surface area contributed by atoms with Crippen molar-refractivity contribution in [2.24, 2.45) is 5.92 Å². The number of carbonyl (C=O) groups is 2. The first-order valence-corrected chi connectivity index (χ1v) is 10.9. The summed E-state index contributed by atoms with van der Waals surface area (Å²) in [5.74, 6) is -0.152. The van der Waals surface area contributed by atoms with Crippen molar-refractivity contribution in [2.75, 3.05) is 18.1 Å². The van der Waals surface area contributed by atoms with E-state index in [4.69, 9.17) is 4.74 Å². The Hall–Kier alpha value is -2.73. The van der Waals surface area contributed by atoms with Gasteiger partial charge in [0.15, 0.2) is 0 Å². The number of hydrogen-bond acceptors (Lipinski definition) is 3. The van der Waals surface area contributed by atoms with E-state index in [9.17, 15) is 14.0 Å². The molecular formula is C25H31FN2O3. The van der Waals surface area contributed by atoms with Crippen LogP contribution in [0.5, 0.6) is 0 Å². The lowest BCUT2D eigenvalue weighted by molar-refractivity contribution is -0.121. The van der Waals surface area contributed by atoms with Crippen LogP contribution in [0.4, 0.5) is 10.1 Å². The van der Waals surface area contributed by atoms with Gasteiger partial charge >= 0.3 is 0 Å².